The van der Waals surface area contributed by atoms with Crippen LogP contribution in [0, 0.1) is 0 Å². The first-order chi connectivity index (χ1) is 8.15. The molecular formula is C13H20N2OS. The van der Waals surface area contributed by atoms with Crippen LogP contribution in [0.15, 0.2) is 30.3 Å². The molecule has 0 saturated carbocycles. The molecule has 1 amide bonds. The molecule has 0 spiro atoms. The van der Waals surface area contributed by atoms with E-state index in [4.69, 9.17) is 5.73 Å². The summed E-state index contributed by atoms with van der Waals surface area (Å²) in [6.07, 6.45) is 2.75. The Kier molecular flexibility index (Phi) is 6.08. The van der Waals surface area contributed by atoms with Gasteiger partial charge in [0, 0.05) is 12.6 Å². The monoisotopic (exact) mass is 252 g/mol. The number of carbonyl (C=O) groups is 1. The van der Waals surface area contributed by atoms with Crippen molar-refractivity contribution in [2.24, 2.45) is 5.73 Å². The van der Waals surface area contributed by atoms with E-state index in [-0.39, 0.29) is 17.2 Å². The third-order valence-electron chi connectivity index (χ3n) is 2.48. The third kappa shape index (κ3) is 4.79. The summed E-state index contributed by atoms with van der Waals surface area (Å²) >= 11 is 1.55. The highest BCUT2D eigenvalue weighted by Gasteiger charge is 2.18. The molecule has 2 atom stereocenters. The Morgan fingerprint density at radius 3 is 2.59 bits per heavy atom. The van der Waals surface area contributed by atoms with Gasteiger partial charge in [-0.3, -0.25) is 4.79 Å². The first-order valence-corrected chi connectivity index (χ1v) is 7.05. The summed E-state index contributed by atoms with van der Waals surface area (Å²) in [5.41, 5.74) is 6.68. The zero-order valence-corrected chi connectivity index (χ0v) is 11.2. The van der Waals surface area contributed by atoms with Gasteiger partial charge >= 0.3 is 0 Å². The second kappa shape index (κ2) is 7.35. The molecular weight excluding hydrogens is 232 g/mol. The molecule has 0 heterocycles. The summed E-state index contributed by atoms with van der Waals surface area (Å²) < 4.78 is 0. The summed E-state index contributed by atoms with van der Waals surface area (Å²) in [6.45, 7) is 2.58. The van der Waals surface area contributed by atoms with E-state index in [0.717, 1.165) is 12.0 Å². The summed E-state index contributed by atoms with van der Waals surface area (Å²) in [5, 5.41) is 2.79. The predicted octanol–water partition coefficient (Wildman–Crippen LogP) is 1.94. The maximum absolute atomic E-state index is 12.0. The van der Waals surface area contributed by atoms with Crippen LogP contribution in [0.4, 0.5) is 0 Å². The molecule has 0 aliphatic carbocycles. The first kappa shape index (κ1) is 14.1. The number of hydrogen-bond acceptors (Lipinski definition) is 3. The van der Waals surface area contributed by atoms with Gasteiger partial charge in [-0.05, 0) is 25.2 Å². The van der Waals surface area contributed by atoms with Crippen LogP contribution in [0.3, 0.4) is 0 Å². The maximum atomic E-state index is 12.0. The third-order valence-corrected chi connectivity index (χ3v) is 3.43. The Morgan fingerprint density at radius 1 is 1.41 bits per heavy atom. The Bertz CT molecular complexity index is 341. The molecule has 0 aliphatic heterocycles. The predicted molar refractivity (Wildman–Crippen MR) is 74.0 cm³/mol. The number of carbonyl (C=O) groups excluding carboxylic acids is 1. The van der Waals surface area contributed by atoms with Crippen molar-refractivity contribution in [2.45, 2.75) is 24.6 Å². The number of nitrogens with two attached hydrogens (primary N) is 1. The molecule has 2 unspecified atom stereocenters. The largest absolute Gasteiger partial charge is 0.355 e. The van der Waals surface area contributed by atoms with Crippen LogP contribution in [0.25, 0.3) is 0 Å². The molecule has 3 nitrogen and oxygen atoms in total. The number of thioether (sulfide) groups is 1. The van der Waals surface area contributed by atoms with Crippen molar-refractivity contribution >= 4 is 17.7 Å². The zero-order chi connectivity index (χ0) is 12.7. The summed E-state index contributed by atoms with van der Waals surface area (Å²) in [5.74, 6) is 0.0596. The molecule has 0 aromatic heterocycles. The lowest BCUT2D eigenvalue weighted by Crippen LogP contribution is -2.31. The summed E-state index contributed by atoms with van der Waals surface area (Å²) in [6, 6.07) is 9.94. The van der Waals surface area contributed by atoms with E-state index in [1.54, 1.807) is 11.8 Å². The number of benzene rings is 1. The van der Waals surface area contributed by atoms with Crippen LogP contribution < -0.4 is 11.1 Å². The van der Waals surface area contributed by atoms with Crippen LogP contribution in [0.1, 0.15) is 24.2 Å². The second-order valence-electron chi connectivity index (χ2n) is 4.08. The quantitative estimate of drug-likeness (QED) is 0.813. The number of amides is 1. The molecule has 1 aromatic rings. The highest BCUT2D eigenvalue weighted by atomic mass is 32.2. The Balaban J connectivity index is 2.53. The second-order valence-corrected chi connectivity index (χ2v) is 5.03. The zero-order valence-electron chi connectivity index (χ0n) is 10.3. The van der Waals surface area contributed by atoms with Gasteiger partial charge in [0.05, 0.1) is 0 Å². The molecule has 4 heteroatoms. The minimum atomic E-state index is -0.135. The maximum Gasteiger partial charge on any atom is 0.237 e. The molecule has 0 bridgehead atoms. The van der Waals surface area contributed by atoms with Crippen LogP contribution in [-0.4, -0.2) is 24.7 Å². The van der Waals surface area contributed by atoms with E-state index in [0.29, 0.717) is 6.54 Å². The molecule has 17 heavy (non-hydrogen) atoms. The topological polar surface area (TPSA) is 55.1 Å². The van der Waals surface area contributed by atoms with Gasteiger partial charge in [0.2, 0.25) is 5.91 Å². The van der Waals surface area contributed by atoms with Crippen LogP contribution in [0.5, 0.6) is 0 Å². The fraction of sp³-hybridized carbons (Fsp3) is 0.462. The molecule has 0 fully saturated rings. The van der Waals surface area contributed by atoms with Gasteiger partial charge in [-0.25, -0.2) is 0 Å². The standard InChI is InChI=1S/C13H20N2OS/c1-10(14)8-9-15-13(16)12(17-2)11-6-4-3-5-7-11/h3-7,10,12H,8-9,14H2,1-2H3,(H,15,16). The molecule has 0 saturated heterocycles. The molecule has 3 N–H and O–H groups in total. The van der Waals surface area contributed by atoms with Crippen molar-refractivity contribution in [3.8, 4) is 0 Å². The van der Waals surface area contributed by atoms with Crippen molar-refractivity contribution in [2.75, 3.05) is 12.8 Å². The average molecular weight is 252 g/mol. The Labute approximate surface area is 107 Å². The Hall–Kier alpha value is -1.00. The molecule has 1 aromatic carbocycles. The van der Waals surface area contributed by atoms with Gasteiger partial charge in [-0.1, -0.05) is 30.3 Å². The van der Waals surface area contributed by atoms with Gasteiger partial charge in [-0.2, -0.15) is 0 Å². The van der Waals surface area contributed by atoms with Crippen molar-refractivity contribution in [1.29, 1.82) is 0 Å². The van der Waals surface area contributed by atoms with Gasteiger partial charge in [-0.15, -0.1) is 11.8 Å². The van der Waals surface area contributed by atoms with Gasteiger partial charge in [0.15, 0.2) is 0 Å². The average Bonchev–Trinajstić information content (AvgIpc) is 2.31. The van der Waals surface area contributed by atoms with Crippen molar-refractivity contribution in [3.05, 3.63) is 35.9 Å². The van der Waals surface area contributed by atoms with Crippen LogP contribution in [-0.2, 0) is 4.79 Å². The highest BCUT2D eigenvalue weighted by molar-refractivity contribution is 7.99. The fourth-order valence-corrected chi connectivity index (χ4v) is 2.26. The fourth-order valence-electron chi connectivity index (χ4n) is 1.54. The molecule has 1 rings (SSSR count). The first-order valence-electron chi connectivity index (χ1n) is 5.76. The van der Waals surface area contributed by atoms with Gasteiger partial charge in [0.25, 0.3) is 0 Å². The molecule has 0 radical (unpaired) electrons. The highest BCUT2D eigenvalue weighted by Crippen LogP contribution is 2.26. The van der Waals surface area contributed by atoms with E-state index < -0.39 is 0 Å². The SMILES string of the molecule is CSC(C(=O)NCCC(C)N)c1ccccc1. The minimum Gasteiger partial charge on any atom is -0.355 e. The van der Waals surface area contributed by atoms with Crippen molar-refractivity contribution in [1.82, 2.24) is 5.32 Å². The number of rotatable bonds is 6. The summed E-state index contributed by atoms with van der Waals surface area (Å²) in [7, 11) is 0. The Morgan fingerprint density at radius 2 is 2.06 bits per heavy atom. The van der Waals surface area contributed by atoms with E-state index in [1.807, 2.05) is 43.5 Å². The van der Waals surface area contributed by atoms with Gasteiger partial charge < -0.3 is 11.1 Å². The van der Waals surface area contributed by atoms with E-state index in [9.17, 15) is 4.79 Å². The number of nitrogens with one attached hydrogen (secondary N) is 1. The van der Waals surface area contributed by atoms with E-state index in [2.05, 4.69) is 5.32 Å². The van der Waals surface area contributed by atoms with Crippen LogP contribution >= 0.6 is 11.8 Å². The number of hydrogen-bond donors (Lipinski definition) is 2. The lowest BCUT2D eigenvalue weighted by molar-refractivity contribution is -0.120. The normalized spacial score (nSPS) is 14.1. The molecule has 94 valence electrons. The van der Waals surface area contributed by atoms with Crippen LogP contribution in [0.2, 0.25) is 0 Å². The van der Waals surface area contributed by atoms with E-state index in [1.165, 1.54) is 0 Å². The van der Waals surface area contributed by atoms with Crippen molar-refractivity contribution in [3.63, 3.8) is 0 Å². The minimum absolute atomic E-state index is 0.0596. The lowest BCUT2D eigenvalue weighted by Gasteiger charge is -2.15. The van der Waals surface area contributed by atoms with Gasteiger partial charge in [0.1, 0.15) is 5.25 Å². The van der Waals surface area contributed by atoms with E-state index >= 15 is 0 Å². The molecule has 0 aliphatic rings. The van der Waals surface area contributed by atoms with Crippen molar-refractivity contribution < 1.29 is 4.79 Å². The smallest absolute Gasteiger partial charge is 0.237 e. The lowest BCUT2D eigenvalue weighted by atomic mass is 10.1. The summed E-state index contributed by atoms with van der Waals surface area (Å²) in [4.78, 5) is 12.0.